The molecule has 1 aliphatic rings. The molecule has 43 heavy (non-hydrogen) atoms. The van der Waals surface area contributed by atoms with Gasteiger partial charge in [-0.05, 0) is 81.8 Å². The number of pyridine rings is 2. The third-order valence-electron chi connectivity index (χ3n) is 7.48. The fourth-order valence-corrected chi connectivity index (χ4v) is 5.09. The molecule has 5 heterocycles. The van der Waals surface area contributed by atoms with Gasteiger partial charge >= 0.3 is 5.97 Å². The molecule has 0 saturated heterocycles. The Labute approximate surface area is 251 Å². The van der Waals surface area contributed by atoms with E-state index in [2.05, 4.69) is 47.7 Å². The molecular weight excluding hydrogens is 546 g/mol. The number of nitrogens with zero attached hydrogens (tertiary/aromatic N) is 7. The maximum absolute atomic E-state index is 12.2. The van der Waals surface area contributed by atoms with Crippen molar-refractivity contribution < 1.29 is 14.6 Å². The van der Waals surface area contributed by atoms with Crippen LogP contribution in [0.4, 0.5) is 11.6 Å². The molecule has 12 nitrogen and oxygen atoms in total. The number of aliphatic carboxylic acids is 1. The molecule has 0 saturated carbocycles. The summed E-state index contributed by atoms with van der Waals surface area (Å²) in [7, 11) is 0. The Morgan fingerprint density at radius 1 is 1.14 bits per heavy atom. The van der Waals surface area contributed by atoms with E-state index in [0.717, 1.165) is 68.1 Å². The van der Waals surface area contributed by atoms with Crippen molar-refractivity contribution >= 4 is 17.6 Å². The van der Waals surface area contributed by atoms with Gasteiger partial charge in [0.15, 0.2) is 5.82 Å². The highest BCUT2D eigenvalue weighted by atomic mass is 16.5. The van der Waals surface area contributed by atoms with Crippen molar-refractivity contribution in [2.75, 3.05) is 43.4 Å². The molecule has 0 spiro atoms. The van der Waals surface area contributed by atoms with E-state index in [1.54, 1.807) is 35.4 Å². The molecule has 0 fully saturated rings. The van der Waals surface area contributed by atoms with Crippen LogP contribution in [0.25, 0.3) is 5.82 Å². The van der Waals surface area contributed by atoms with Crippen molar-refractivity contribution in [1.82, 2.24) is 34.6 Å². The van der Waals surface area contributed by atoms with E-state index in [-0.39, 0.29) is 0 Å². The Kier molecular flexibility index (Phi) is 10.5. The number of nitrogens with one attached hydrogen (secondary N) is 2. The Hall–Kier alpha value is -4.58. The van der Waals surface area contributed by atoms with Crippen molar-refractivity contribution in [1.29, 1.82) is 0 Å². The number of carboxylic acid groups (broad SMARTS) is 1. The number of aryl methyl sites for hydroxylation is 3. The first-order valence-corrected chi connectivity index (χ1v) is 14.9. The van der Waals surface area contributed by atoms with Crippen LogP contribution in [0.2, 0.25) is 0 Å². The van der Waals surface area contributed by atoms with Crippen LogP contribution in [0.5, 0.6) is 5.75 Å². The van der Waals surface area contributed by atoms with Gasteiger partial charge in [0.25, 0.3) is 0 Å². The maximum Gasteiger partial charge on any atom is 0.326 e. The van der Waals surface area contributed by atoms with Crippen LogP contribution >= 0.6 is 0 Å². The number of hydrogen-bond acceptors (Lipinski definition) is 10. The molecule has 0 radical (unpaired) electrons. The molecule has 3 N–H and O–H groups in total. The average molecular weight is 586 g/mol. The van der Waals surface area contributed by atoms with E-state index < -0.39 is 12.0 Å². The molecule has 12 heteroatoms. The van der Waals surface area contributed by atoms with E-state index in [9.17, 15) is 9.90 Å². The number of unbranched alkanes of at least 4 members (excludes halogenated alkanes) is 1. The van der Waals surface area contributed by atoms with Crippen LogP contribution in [-0.2, 0) is 17.6 Å². The number of hydrogen-bond donors (Lipinski definition) is 3. The first-order chi connectivity index (χ1) is 21.0. The number of rotatable bonds is 16. The lowest BCUT2D eigenvalue weighted by Gasteiger charge is -2.25. The standard InChI is InChI=1S/C31H39N9O3/c1-23-27(9-5-13-32-23)43-20-19-39(16-3-2-8-25-11-10-24-7-4-14-33-30(24)37-25)18-12-26(31(41)42)38-28-21-29(35-22-34-28)40-17-6-15-36-40/h5-6,9-11,13,15,17,21-22,26H,2-4,7-8,12,14,16,18-20H2,1H3,(H,33,37)(H,41,42)(H,34,35,38)/t26-/m0/s1. The molecule has 5 rings (SSSR count). The molecule has 4 aromatic rings. The second-order valence-corrected chi connectivity index (χ2v) is 10.6. The number of aromatic nitrogens is 6. The fourth-order valence-electron chi connectivity index (χ4n) is 5.09. The van der Waals surface area contributed by atoms with Gasteiger partial charge in [0.05, 0.1) is 5.69 Å². The van der Waals surface area contributed by atoms with E-state index in [1.165, 1.54) is 11.9 Å². The molecular formula is C31H39N9O3. The fraction of sp³-hybridized carbons (Fsp3) is 0.419. The van der Waals surface area contributed by atoms with Gasteiger partial charge in [-0.3, -0.25) is 9.88 Å². The summed E-state index contributed by atoms with van der Waals surface area (Å²) in [6.45, 7) is 5.45. The van der Waals surface area contributed by atoms with E-state index >= 15 is 0 Å². The number of carbonyl (C=O) groups is 1. The summed E-state index contributed by atoms with van der Waals surface area (Å²) in [5.74, 6) is 1.84. The van der Waals surface area contributed by atoms with Crippen molar-refractivity contribution in [3.63, 3.8) is 0 Å². The first kappa shape index (κ1) is 29.9. The van der Waals surface area contributed by atoms with Gasteiger partial charge in [0, 0.05) is 50.0 Å². The van der Waals surface area contributed by atoms with Gasteiger partial charge in [0.2, 0.25) is 0 Å². The maximum atomic E-state index is 12.2. The van der Waals surface area contributed by atoms with Gasteiger partial charge in [-0.15, -0.1) is 0 Å². The zero-order valence-corrected chi connectivity index (χ0v) is 24.5. The monoisotopic (exact) mass is 585 g/mol. The SMILES string of the molecule is Cc1ncccc1OCCN(CCCCc1ccc2c(n1)NCCC2)CC[C@H](Nc1cc(-n2cccn2)ncn1)C(=O)O. The summed E-state index contributed by atoms with van der Waals surface area (Å²) in [6.07, 6.45) is 12.0. The zero-order valence-electron chi connectivity index (χ0n) is 24.5. The molecule has 226 valence electrons. The van der Waals surface area contributed by atoms with Crippen LogP contribution in [0, 0.1) is 6.92 Å². The molecule has 1 aliphatic heterocycles. The number of anilines is 2. The summed E-state index contributed by atoms with van der Waals surface area (Å²) in [5, 5.41) is 20.7. The minimum Gasteiger partial charge on any atom is -0.490 e. The lowest BCUT2D eigenvalue weighted by atomic mass is 10.1. The lowest BCUT2D eigenvalue weighted by Crippen LogP contribution is -2.37. The Balaban J connectivity index is 1.17. The van der Waals surface area contributed by atoms with Crippen LogP contribution < -0.4 is 15.4 Å². The smallest absolute Gasteiger partial charge is 0.326 e. The number of carboxylic acids is 1. The summed E-state index contributed by atoms with van der Waals surface area (Å²) in [6, 6.07) is 10.8. The molecule has 0 unspecified atom stereocenters. The quantitative estimate of drug-likeness (QED) is 0.165. The number of fused-ring (bicyclic) bond motifs is 1. The predicted molar refractivity (Wildman–Crippen MR) is 164 cm³/mol. The Morgan fingerprint density at radius 3 is 2.91 bits per heavy atom. The van der Waals surface area contributed by atoms with Crippen molar-refractivity contribution in [3.8, 4) is 11.6 Å². The largest absolute Gasteiger partial charge is 0.490 e. The van der Waals surface area contributed by atoms with E-state index in [0.29, 0.717) is 37.8 Å². The predicted octanol–water partition coefficient (Wildman–Crippen LogP) is 3.78. The van der Waals surface area contributed by atoms with Crippen LogP contribution in [0.3, 0.4) is 0 Å². The summed E-state index contributed by atoms with van der Waals surface area (Å²) >= 11 is 0. The minimum absolute atomic E-state index is 0.389. The Morgan fingerprint density at radius 2 is 2.07 bits per heavy atom. The first-order valence-electron chi connectivity index (χ1n) is 14.9. The second-order valence-electron chi connectivity index (χ2n) is 10.6. The normalized spacial score (nSPS) is 13.3. The third-order valence-corrected chi connectivity index (χ3v) is 7.48. The van der Waals surface area contributed by atoms with E-state index in [1.807, 2.05) is 19.1 Å². The van der Waals surface area contributed by atoms with Crippen LogP contribution in [0.15, 0.2) is 61.3 Å². The lowest BCUT2D eigenvalue weighted by molar-refractivity contribution is -0.138. The van der Waals surface area contributed by atoms with Crippen LogP contribution in [-0.4, -0.2) is 84.5 Å². The molecule has 0 aliphatic carbocycles. The molecule has 1 atom stereocenters. The van der Waals surface area contributed by atoms with Gasteiger partial charge in [-0.25, -0.2) is 24.4 Å². The molecule has 0 bridgehead atoms. The minimum atomic E-state index is -0.937. The summed E-state index contributed by atoms with van der Waals surface area (Å²) < 4.78 is 7.62. The van der Waals surface area contributed by atoms with Gasteiger partial charge < -0.3 is 20.5 Å². The highest BCUT2D eigenvalue weighted by Crippen LogP contribution is 2.20. The molecule has 4 aromatic heterocycles. The van der Waals surface area contributed by atoms with Crippen LogP contribution in [0.1, 0.15) is 42.6 Å². The van der Waals surface area contributed by atoms with E-state index in [4.69, 9.17) is 9.72 Å². The van der Waals surface area contributed by atoms with Crippen molar-refractivity contribution in [3.05, 3.63) is 78.3 Å². The Bertz CT molecular complexity index is 1460. The third kappa shape index (κ3) is 8.71. The topological polar surface area (TPSA) is 143 Å². The highest BCUT2D eigenvalue weighted by Gasteiger charge is 2.20. The molecule has 0 aromatic carbocycles. The summed E-state index contributed by atoms with van der Waals surface area (Å²) in [5.41, 5.74) is 3.24. The highest BCUT2D eigenvalue weighted by molar-refractivity contribution is 5.76. The second kappa shape index (κ2) is 15.1. The zero-order chi connectivity index (χ0) is 29.9. The average Bonchev–Trinajstić information content (AvgIpc) is 3.57. The van der Waals surface area contributed by atoms with Crippen molar-refractivity contribution in [2.24, 2.45) is 0 Å². The molecule has 0 amide bonds. The van der Waals surface area contributed by atoms with Crippen molar-refractivity contribution in [2.45, 2.75) is 51.5 Å². The summed E-state index contributed by atoms with van der Waals surface area (Å²) in [4.78, 5) is 32.0. The van der Waals surface area contributed by atoms with Gasteiger partial charge in [-0.2, -0.15) is 5.10 Å². The van der Waals surface area contributed by atoms with Gasteiger partial charge in [0.1, 0.15) is 36.4 Å². The number of ether oxygens (including phenoxy) is 1. The van der Waals surface area contributed by atoms with Gasteiger partial charge in [-0.1, -0.05) is 6.07 Å².